The van der Waals surface area contributed by atoms with Crippen molar-refractivity contribution in [3.63, 3.8) is 0 Å². The minimum Gasteiger partial charge on any atom is -0.598 e. The van der Waals surface area contributed by atoms with Crippen LogP contribution in [0.5, 0.6) is 0 Å². The molecular formula is C26H43N3O3S. The fourth-order valence-corrected chi connectivity index (χ4v) is 6.24. The molecule has 2 saturated heterocycles. The Hall–Kier alpha value is -0.700. The van der Waals surface area contributed by atoms with E-state index in [0.717, 1.165) is 62.0 Å². The molecule has 2 fully saturated rings. The van der Waals surface area contributed by atoms with E-state index in [1.807, 2.05) is 27.0 Å². The second-order valence-electron chi connectivity index (χ2n) is 12.2. The highest BCUT2D eigenvalue weighted by atomic mass is 32.2. The first kappa shape index (κ1) is 24.0. The molecule has 4 rings (SSSR count). The third kappa shape index (κ3) is 5.76. The van der Waals surface area contributed by atoms with Crippen molar-refractivity contribution in [1.29, 1.82) is 0 Å². The summed E-state index contributed by atoms with van der Waals surface area (Å²) in [5.41, 5.74) is 3.16. The van der Waals surface area contributed by atoms with Crippen LogP contribution in [0.4, 0.5) is 0 Å². The van der Waals surface area contributed by atoms with Gasteiger partial charge in [0.2, 0.25) is 0 Å². The maximum atomic E-state index is 13.3. The highest BCUT2D eigenvalue weighted by Crippen LogP contribution is 2.53. The molecule has 2 aliphatic heterocycles. The number of ether oxygens (including phenoxy) is 2. The number of hydrogen-bond acceptors (Lipinski definition) is 6. The molecule has 2 N–H and O–H groups in total. The van der Waals surface area contributed by atoms with Crippen LogP contribution in [0.2, 0.25) is 1.41 Å². The van der Waals surface area contributed by atoms with Gasteiger partial charge < -0.3 is 19.3 Å². The largest absolute Gasteiger partial charge is 0.598 e. The molecule has 6 nitrogen and oxygen atoms in total. The lowest BCUT2D eigenvalue weighted by atomic mass is 9.66. The van der Waals surface area contributed by atoms with Gasteiger partial charge in [0.1, 0.15) is 6.16 Å². The maximum Gasteiger partial charge on any atom is 0.158 e. The van der Waals surface area contributed by atoms with Gasteiger partial charge in [-0.05, 0) is 88.4 Å². The molecule has 1 spiro atoms. The minimum atomic E-state index is -1.21. The van der Waals surface area contributed by atoms with Crippen molar-refractivity contribution in [3.05, 3.63) is 29.1 Å². The molecule has 186 valence electrons. The zero-order valence-electron chi connectivity index (χ0n) is 22.3. The minimum absolute atomic E-state index is 0.00982. The van der Waals surface area contributed by atoms with Crippen molar-refractivity contribution < 1.29 is 15.4 Å². The van der Waals surface area contributed by atoms with Crippen molar-refractivity contribution in [2.24, 2.45) is 10.8 Å². The molecule has 1 aromatic rings. The van der Waals surface area contributed by atoms with E-state index in [2.05, 4.69) is 31.6 Å². The summed E-state index contributed by atoms with van der Waals surface area (Å²) in [4.78, 5) is 4.88. The van der Waals surface area contributed by atoms with E-state index in [9.17, 15) is 4.55 Å². The van der Waals surface area contributed by atoms with Gasteiger partial charge in [-0.25, -0.2) is 0 Å². The Bertz CT molecular complexity index is 853. The fraction of sp³-hybridized carbons (Fsp3) is 0.808. The number of hydrogen-bond donors (Lipinski definition) is 2. The van der Waals surface area contributed by atoms with Gasteiger partial charge in [-0.1, -0.05) is 20.8 Å². The average Bonchev–Trinajstić information content (AvgIpc) is 3.05. The molecule has 1 aromatic heterocycles. The second-order valence-corrected chi connectivity index (χ2v) is 14.2. The normalized spacial score (nSPS) is 32.6. The molecule has 1 aliphatic carbocycles. The van der Waals surface area contributed by atoms with Crippen LogP contribution in [-0.2, 0) is 33.9 Å². The van der Waals surface area contributed by atoms with Crippen molar-refractivity contribution in [1.82, 2.24) is 15.0 Å². The maximum absolute atomic E-state index is 13.3. The van der Waals surface area contributed by atoms with Crippen LogP contribution in [0.3, 0.4) is 0 Å². The predicted octanol–water partition coefficient (Wildman–Crippen LogP) is 4.56. The van der Waals surface area contributed by atoms with Gasteiger partial charge in [0.15, 0.2) is 6.29 Å². The van der Waals surface area contributed by atoms with Crippen LogP contribution in [0.1, 0.15) is 96.5 Å². The molecular weight excluding hydrogens is 434 g/mol. The lowest BCUT2D eigenvalue weighted by molar-refractivity contribution is -0.168. The van der Waals surface area contributed by atoms with Crippen molar-refractivity contribution in [3.8, 4) is 0 Å². The first-order valence-corrected chi connectivity index (χ1v) is 13.7. The van der Waals surface area contributed by atoms with Gasteiger partial charge in [0.25, 0.3) is 0 Å². The number of aromatic nitrogens is 1. The van der Waals surface area contributed by atoms with Crippen LogP contribution in [0, 0.1) is 10.8 Å². The molecule has 0 amide bonds. The van der Waals surface area contributed by atoms with Crippen molar-refractivity contribution in [2.75, 3.05) is 13.2 Å². The number of rotatable bonds is 5. The van der Waals surface area contributed by atoms with Crippen molar-refractivity contribution >= 4 is 11.4 Å². The molecule has 3 aliphatic rings. The third-order valence-corrected chi connectivity index (χ3v) is 8.98. The van der Waals surface area contributed by atoms with Gasteiger partial charge in [0.05, 0.1) is 12.6 Å². The lowest BCUT2D eigenvalue weighted by Crippen LogP contribution is -2.54. The number of pyridine rings is 1. The summed E-state index contributed by atoms with van der Waals surface area (Å²) in [7, 11) is 0. The smallest absolute Gasteiger partial charge is 0.158 e. The van der Waals surface area contributed by atoms with Gasteiger partial charge in [-0.3, -0.25) is 4.98 Å². The monoisotopic (exact) mass is 478 g/mol. The zero-order valence-corrected chi connectivity index (χ0v) is 22.1. The standard InChI is InChI=1S/C26H43N3O3S/c1-24(2,3)21-15-26(10-11-27-21)14-20-19(23(26)29-33(30)25(4,5)6)13-18(16-28-20)17-32-22-9-7-8-12-31-22/h13,16,21-23,27,29H,7-12,14-15,17H2,1-6H3/t21?,22?,23-,26?,33?/m1/s1/i/hD. The summed E-state index contributed by atoms with van der Waals surface area (Å²) in [5.74, 6) is 0. The Kier molecular flexibility index (Phi) is 7.09. The SMILES string of the molecule is [2H]N1CCC2(Cc3ncc(COC4CCCCO4)cc3[C@H]2N[S+]([O-])C(C)(C)C)CC1C(C)(C)C. The quantitative estimate of drug-likeness (QED) is 0.604. The Morgan fingerprint density at radius 1 is 1.33 bits per heavy atom. The molecule has 33 heavy (non-hydrogen) atoms. The van der Waals surface area contributed by atoms with Crippen molar-refractivity contribution in [2.45, 2.75) is 110 Å². The van der Waals surface area contributed by atoms with E-state index in [4.69, 9.17) is 15.9 Å². The van der Waals surface area contributed by atoms with Crippen LogP contribution in [-0.4, -0.2) is 39.8 Å². The van der Waals surface area contributed by atoms with Gasteiger partial charge in [-0.2, -0.15) is 0 Å². The Labute approximate surface area is 204 Å². The number of nitrogens with one attached hydrogen (secondary N) is 2. The summed E-state index contributed by atoms with van der Waals surface area (Å²) in [6.07, 6.45) is 7.61. The first-order chi connectivity index (χ1) is 15.9. The van der Waals surface area contributed by atoms with Gasteiger partial charge in [-0.15, -0.1) is 4.72 Å². The molecule has 0 bridgehead atoms. The van der Waals surface area contributed by atoms with E-state index >= 15 is 0 Å². The molecule has 0 aromatic carbocycles. The van der Waals surface area contributed by atoms with E-state index in [1.165, 1.54) is 0 Å². The summed E-state index contributed by atoms with van der Waals surface area (Å²) < 4.78 is 36.8. The third-order valence-electron chi connectivity index (χ3n) is 7.42. The Balaban J connectivity index is 1.61. The fourth-order valence-electron chi connectivity index (χ4n) is 5.30. The zero-order chi connectivity index (χ0) is 24.7. The number of fused-ring (bicyclic) bond motifs is 1. The molecule has 3 heterocycles. The lowest BCUT2D eigenvalue weighted by Gasteiger charge is -2.47. The summed E-state index contributed by atoms with van der Waals surface area (Å²) in [6, 6.07) is 2.28. The number of nitrogens with zero attached hydrogens (tertiary/aromatic N) is 1. The summed E-state index contributed by atoms with van der Waals surface area (Å²) in [5, 5.41) is 1.77. The van der Waals surface area contributed by atoms with Crippen LogP contribution in [0.15, 0.2) is 12.3 Å². The molecule has 4 unspecified atom stereocenters. The first-order valence-electron chi connectivity index (χ1n) is 13.0. The number of piperidine rings is 1. The molecule has 0 saturated carbocycles. The molecule has 0 radical (unpaired) electrons. The van der Waals surface area contributed by atoms with Crippen LogP contribution >= 0.6 is 0 Å². The Morgan fingerprint density at radius 2 is 2.12 bits per heavy atom. The van der Waals surface area contributed by atoms with Gasteiger partial charge >= 0.3 is 0 Å². The highest BCUT2D eigenvalue weighted by molar-refractivity contribution is 7.90. The Morgan fingerprint density at radius 3 is 2.79 bits per heavy atom. The molecule has 7 heteroatoms. The predicted molar refractivity (Wildman–Crippen MR) is 133 cm³/mol. The van der Waals surface area contributed by atoms with Crippen LogP contribution < -0.4 is 10.0 Å². The van der Waals surface area contributed by atoms with Crippen LogP contribution in [0.25, 0.3) is 0 Å². The van der Waals surface area contributed by atoms with E-state index in [-0.39, 0.29) is 34.0 Å². The topological polar surface area (TPSA) is 78.5 Å². The summed E-state index contributed by atoms with van der Waals surface area (Å²) >= 11 is -1.21. The second kappa shape index (κ2) is 9.75. The van der Waals surface area contributed by atoms with E-state index in [0.29, 0.717) is 13.2 Å². The van der Waals surface area contributed by atoms with Gasteiger partial charge in [0, 0.05) is 41.3 Å². The molecule has 5 atom stereocenters. The highest BCUT2D eigenvalue weighted by Gasteiger charge is 2.53. The average molecular weight is 479 g/mol. The summed E-state index contributed by atoms with van der Waals surface area (Å²) in [6.45, 7) is 14.6. The van der Waals surface area contributed by atoms with E-state index in [1.54, 1.807) is 5.31 Å². The van der Waals surface area contributed by atoms with E-state index < -0.39 is 11.4 Å².